The van der Waals surface area contributed by atoms with Crippen LogP contribution in [-0.4, -0.2) is 20.8 Å². The highest BCUT2D eigenvalue weighted by Gasteiger charge is 2.05. The van der Waals surface area contributed by atoms with Crippen molar-refractivity contribution in [3.63, 3.8) is 0 Å². The Morgan fingerprint density at radius 3 is 2.25 bits per heavy atom. The lowest BCUT2D eigenvalue weighted by Crippen LogP contribution is -2.15. The van der Waals surface area contributed by atoms with Gasteiger partial charge in [-0.1, -0.05) is 45.3 Å². The first-order chi connectivity index (χ1) is 5.42. The van der Waals surface area contributed by atoms with E-state index in [1.807, 2.05) is 6.21 Å². The molecule has 0 aliphatic heterocycles. The summed E-state index contributed by atoms with van der Waals surface area (Å²) in [4.78, 5) is 4.28. The maximum Gasteiger partial charge on any atom is 0.0683 e. The van der Waals surface area contributed by atoms with Crippen LogP contribution < -0.4 is 0 Å². The van der Waals surface area contributed by atoms with Crippen molar-refractivity contribution < 1.29 is 0 Å². The van der Waals surface area contributed by atoms with Gasteiger partial charge in [0.1, 0.15) is 0 Å². The van der Waals surface area contributed by atoms with Crippen LogP contribution in [0.15, 0.2) is 16.8 Å². The number of hydrogen-bond acceptors (Lipinski definition) is 1. The maximum atomic E-state index is 4.28. The number of nitrogens with zero attached hydrogens (tertiary/aromatic N) is 1. The second-order valence-corrected chi connectivity index (χ2v) is 9.59. The molecule has 0 N–H and O–H groups in total. The van der Waals surface area contributed by atoms with E-state index in [0.717, 1.165) is 6.54 Å². The van der Waals surface area contributed by atoms with E-state index in [9.17, 15) is 0 Å². The lowest BCUT2D eigenvalue weighted by molar-refractivity contribution is 0.901. The molecule has 0 heterocycles. The minimum Gasteiger partial charge on any atom is -0.293 e. The molecule has 0 radical (unpaired) electrons. The molecule has 0 rings (SSSR count). The molecule has 0 aromatic carbocycles. The molecule has 0 saturated heterocycles. The predicted molar refractivity (Wildman–Crippen MR) is 60.7 cm³/mol. The first-order valence-corrected chi connectivity index (χ1v) is 8.17. The Morgan fingerprint density at radius 1 is 1.25 bits per heavy atom. The summed E-state index contributed by atoms with van der Waals surface area (Å²) in [5.74, 6) is 0.574. The normalized spacial score (nSPS) is 13.8. The van der Waals surface area contributed by atoms with E-state index in [1.165, 1.54) is 0 Å². The smallest absolute Gasteiger partial charge is 0.0683 e. The molecule has 0 fully saturated rings. The lowest BCUT2D eigenvalue weighted by atomic mass is 10.2. The Balaban J connectivity index is 3.63. The van der Waals surface area contributed by atoms with Gasteiger partial charge in [0.05, 0.1) is 14.6 Å². The molecule has 0 aromatic heterocycles. The molecule has 0 aliphatic carbocycles. The SMILES string of the molecule is CC(C)C=NC/C=C/[Si](C)(C)C. The molecule has 0 atom stereocenters. The van der Waals surface area contributed by atoms with Crippen molar-refractivity contribution in [3.8, 4) is 0 Å². The minimum atomic E-state index is -0.989. The largest absolute Gasteiger partial charge is 0.293 e. The Kier molecular flexibility index (Phi) is 5.14. The lowest BCUT2D eigenvalue weighted by Gasteiger charge is -2.07. The molecule has 0 aliphatic rings. The average Bonchev–Trinajstić information content (AvgIpc) is 1.83. The summed E-state index contributed by atoms with van der Waals surface area (Å²) < 4.78 is 0. The van der Waals surface area contributed by atoms with Gasteiger partial charge in [-0.05, 0) is 5.92 Å². The molecule has 0 aromatic rings. The van der Waals surface area contributed by atoms with E-state index >= 15 is 0 Å². The summed E-state index contributed by atoms with van der Waals surface area (Å²) in [7, 11) is -0.989. The minimum absolute atomic E-state index is 0.574. The van der Waals surface area contributed by atoms with Crippen molar-refractivity contribution in [2.75, 3.05) is 6.54 Å². The van der Waals surface area contributed by atoms with Crippen LogP contribution in [0, 0.1) is 5.92 Å². The molecular formula is C10H21NSi. The van der Waals surface area contributed by atoms with Gasteiger partial charge in [-0.15, -0.1) is 0 Å². The van der Waals surface area contributed by atoms with Crippen LogP contribution in [0.25, 0.3) is 0 Å². The molecule has 0 saturated carbocycles. The number of rotatable bonds is 4. The fourth-order valence-electron chi connectivity index (χ4n) is 0.739. The standard InChI is InChI=1S/C10H21NSi/c1-10(2)9-11-7-6-8-12(3,4)5/h6,8-10H,7H2,1-5H3/b8-6+,11-9?. The van der Waals surface area contributed by atoms with Crippen LogP contribution in [0.1, 0.15) is 13.8 Å². The van der Waals surface area contributed by atoms with E-state index in [2.05, 4.69) is 50.3 Å². The second kappa shape index (κ2) is 5.30. The molecule has 1 nitrogen and oxygen atoms in total. The molecule has 0 unspecified atom stereocenters. The summed E-state index contributed by atoms with van der Waals surface area (Å²) in [6.45, 7) is 12.1. The summed E-state index contributed by atoms with van der Waals surface area (Å²) >= 11 is 0. The van der Waals surface area contributed by atoms with Crippen LogP contribution in [0.3, 0.4) is 0 Å². The van der Waals surface area contributed by atoms with E-state index in [0.29, 0.717) is 5.92 Å². The van der Waals surface area contributed by atoms with Gasteiger partial charge in [-0.3, -0.25) is 4.99 Å². The zero-order valence-corrected chi connectivity index (χ0v) is 9.96. The van der Waals surface area contributed by atoms with Crippen LogP contribution in [0.2, 0.25) is 19.6 Å². The third-order valence-corrected chi connectivity index (χ3v) is 2.47. The van der Waals surface area contributed by atoms with Gasteiger partial charge in [0.15, 0.2) is 0 Å². The Hall–Kier alpha value is -0.373. The topological polar surface area (TPSA) is 12.4 Å². The zero-order valence-electron chi connectivity index (χ0n) is 8.96. The summed E-state index contributed by atoms with van der Waals surface area (Å²) in [5.41, 5.74) is 2.34. The molecular weight excluding hydrogens is 162 g/mol. The second-order valence-electron chi connectivity index (χ2n) is 4.53. The molecule has 2 heteroatoms. The fraction of sp³-hybridized carbons (Fsp3) is 0.700. The molecule has 12 heavy (non-hydrogen) atoms. The van der Waals surface area contributed by atoms with Crippen LogP contribution in [0.4, 0.5) is 0 Å². The van der Waals surface area contributed by atoms with E-state index in [4.69, 9.17) is 0 Å². The Bertz CT molecular complexity index is 163. The first-order valence-electron chi connectivity index (χ1n) is 4.59. The zero-order chi connectivity index (χ0) is 9.61. The van der Waals surface area contributed by atoms with Gasteiger partial charge in [0.2, 0.25) is 0 Å². The van der Waals surface area contributed by atoms with Crippen molar-refractivity contribution in [2.24, 2.45) is 10.9 Å². The van der Waals surface area contributed by atoms with Gasteiger partial charge < -0.3 is 0 Å². The van der Waals surface area contributed by atoms with Crippen LogP contribution in [0.5, 0.6) is 0 Å². The van der Waals surface area contributed by atoms with Crippen molar-refractivity contribution in [1.82, 2.24) is 0 Å². The van der Waals surface area contributed by atoms with E-state index < -0.39 is 8.07 Å². The molecule has 0 amide bonds. The van der Waals surface area contributed by atoms with Crippen molar-refractivity contribution in [2.45, 2.75) is 33.5 Å². The van der Waals surface area contributed by atoms with E-state index in [-0.39, 0.29) is 0 Å². The maximum absolute atomic E-state index is 4.28. The van der Waals surface area contributed by atoms with Crippen molar-refractivity contribution in [3.05, 3.63) is 11.8 Å². The summed E-state index contributed by atoms with van der Waals surface area (Å²) in [5, 5.41) is 0. The van der Waals surface area contributed by atoms with Crippen LogP contribution >= 0.6 is 0 Å². The monoisotopic (exact) mass is 183 g/mol. The molecule has 70 valence electrons. The molecule has 0 spiro atoms. The van der Waals surface area contributed by atoms with Gasteiger partial charge in [0, 0.05) is 6.21 Å². The number of aliphatic imine (C=N–C) groups is 1. The fourth-order valence-corrected chi connectivity index (χ4v) is 1.55. The van der Waals surface area contributed by atoms with Crippen LogP contribution in [-0.2, 0) is 0 Å². The quantitative estimate of drug-likeness (QED) is 0.469. The highest BCUT2D eigenvalue weighted by Crippen LogP contribution is 2.01. The third kappa shape index (κ3) is 9.63. The van der Waals surface area contributed by atoms with Gasteiger partial charge in [0.25, 0.3) is 0 Å². The Morgan fingerprint density at radius 2 is 1.83 bits per heavy atom. The highest BCUT2D eigenvalue weighted by atomic mass is 28.3. The first kappa shape index (κ1) is 11.6. The van der Waals surface area contributed by atoms with Crippen molar-refractivity contribution >= 4 is 14.3 Å². The van der Waals surface area contributed by atoms with Gasteiger partial charge in [-0.2, -0.15) is 0 Å². The van der Waals surface area contributed by atoms with E-state index in [1.54, 1.807) is 0 Å². The van der Waals surface area contributed by atoms with Gasteiger partial charge in [-0.25, -0.2) is 0 Å². The third-order valence-electron chi connectivity index (χ3n) is 1.23. The summed E-state index contributed by atoms with van der Waals surface area (Å²) in [6.07, 6.45) is 4.19. The van der Waals surface area contributed by atoms with Gasteiger partial charge >= 0.3 is 0 Å². The van der Waals surface area contributed by atoms with Crippen molar-refractivity contribution in [1.29, 1.82) is 0 Å². The molecule has 0 bridgehead atoms. The predicted octanol–water partition coefficient (Wildman–Crippen LogP) is 3.15. The Labute approximate surface area is 77.6 Å². The average molecular weight is 183 g/mol. The highest BCUT2D eigenvalue weighted by molar-refractivity contribution is 6.80. The summed E-state index contributed by atoms with van der Waals surface area (Å²) in [6, 6.07) is 0. The number of hydrogen-bond donors (Lipinski definition) is 0.